The number of aromatic nitrogens is 2. The predicted octanol–water partition coefficient (Wildman–Crippen LogP) is 4.19. The molecule has 4 amide bonds. The molecule has 4 aromatic rings. The van der Waals surface area contributed by atoms with Crippen LogP contribution >= 0.6 is 0 Å². The second kappa shape index (κ2) is 15.7. The van der Waals surface area contributed by atoms with Crippen molar-refractivity contribution >= 4 is 52.4 Å². The molecule has 60 heavy (non-hydrogen) atoms. The highest BCUT2D eigenvalue weighted by molar-refractivity contribution is 6.24. The third kappa shape index (κ3) is 7.11. The van der Waals surface area contributed by atoms with Gasteiger partial charge < -0.3 is 20.3 Å². The second-order valence-electron chi connectivity index (χ2n) is 16.6. The summed E-state index contributed by atoms with van der Waals surface area (Å²) in [7, 11) is 0. The van der Waals surface area contributed by atoms with E-state index in [1.807, 2.05) is 65.3 Å². The van der Waals surface area contributed by atoms with Crippen LogP contribution in [0, 0.1) is 5.92 Å². The average molecular weight is 808 g/mol. The average Bonchev–Trinajstić information content (AvgIpc) is 3.97. The molecule has 15 nitrogen and oxygen atoms in total. The van der Waals surface area contributed by atoms with E-state index in [2.05, 4.69) is 30.0 Å². The van der Waals surface area contributed by atoms with Crippen molar-refractivity contribution in [3.05, 3.63) is 101 Å². The van der Waals surface area contributed by atoms with Crippen molar-refractivity contribution in [1.29, 1.82) is 0 Å². The van der Waals surface area contributed by atoms with Crippen LogP contribution in [0.25, 0.3) is 0 Å². The number of nitrogens with one attached hydrogen (secondary N) is 1. The molecule has 3 saturated heterocycles. The number of benzene rings is 3. The van der Waals surface area contributed by atoms with Crippen molar-refractivity contribution in [2.45, 2.75) is 57.0 Å². The standard InChI is InChI=1S/C45H46N10O5/c46-41-39-40(29-6-13-34(14-7-29)60-33-4-2-1-3-5-33)50-55(42(39)48-27-47-41)31-10-8-30(9-11-31)52-22-20-51(21-23-52)25-28-18-19-53(26-28)32-12-15-35-36(24-32)45(59)54(44(35)58)37-16-17-38(56)49-43(37)57/h1-7,12-15,24,27-28,30,37H,8-11,16-23,25-26H2,(H2-,46,47,48,49,50,56,57)/p+1. The molecule has 1 aliphatic carbocycles. The highest BCUT2D eigenvalue weighted by Crippen LogP contribution is 2.35. The topological polar surface area (TPSA) is 170 Å². The van der Waals surface area contributed by atoms with E-state index in [1.165, 1.54) is 12.0 Å². The van der Waals surface area contributed by atoms with E-state index in [-0.39, 0.29) is 18.7 Å². The summed E-state index contributed by atoms with van der Waals surface area (Å²) in [5.74, 6) is 1.26. The minimum Gasteiger partial charge on any atom is -0.457 e. The summed E-state index contributed by atoms with van der Waals surface area (Å²) in [5.41, 5.74) is 11.7. The monoisotopic (exact) mass is 807 g/mol. The molecule has 3 aromatic carbocycles. The Morgan fingerprint density at radius 1 is 0.783 bits per heavy atom. The fourth-order valence-corrected chi connectivity index (χ4v) is 9.76. The zero-order valence-corrected chi connectivity index (χ0v) is 33.3. The molecule has 4 fully saturated rings. The van der Waals surface area contributed by atoms with Crippen LogP contribution in [-0.4, -0.2) is 122 Å². The molecule has 0 spiro atoms. The molecule has 3 N–H and O–H groups in total. The largest absolute Gasteiger partial charge is 0.457 e. The third-order valence-corrected chi connectivity index (χ3v) is 12.9. The van der Waals surface area contributed by atoms with Crippen molar-refractivity contribution in [1.82, 2.24) is 30.0 Å². The second-order valence-corrected chi connectivity index (χ2v) is 16.6. The number of nitrogen functional groups attached to an aromatic ring is 1. The van der Waals surface area contributed by atoms with Gasteiger partial charge in [0.2, 0.25) is 18.1 Å². The quantitative estimate of drug-likeness (QED) is 0.194. The summed E-state index contributed by atoms with van der Waals surface area (Å²) in [6, 6.07) is 22.6. The van der Waals surface area contributed by atoms with Crippen molar-refractivity contribution in [2.24, 2.45) is 11.0 Å². The normalized spacial score (nSPS) is 23.5. The number of nitrogens with zero attached hydrogens (tertiary/aromatic N) is 8. The number of nitrogens with two attached hydrogens (primary N) is 1. The Balaban J connectivity index is 0.729. The summed E-state index contributed by atoms with van der Waals surface area (Å²) < 4.78 is 8.02. The number of hydrazone groups is 1. The number of piperazine rings is 1. The number of hydrogen-bond acceptors (Lipinski definition) is 12. The maximum atomic E-state index is 13.4. The summed E-state index contributed by atoms with van der Waals surface area (Å²) >= 11 is 0. The van der Waals surface area contributed by atoms with Gasteiger partial charge in [-0.3, -0.25) is 34.3 Å². The first-order valence-corrected chi connectivity index (χ1v) is 21.0. The first kappa shape index (κ1) is 37.9. The van der Waals surface area contributed by atoms with Crippen molar-refractivity contribution in [2.75, 3.05) is 56.4 Å². The first-order valence-electron chi connectivity index (χ1n) is 21.0. The molecule has 10 rings (SSSR count). The fraction of sp³-hybridized carbons (Fsp3) is 0.378. The van der Waals surface area contributed by atoms with Crippen LogP contribution in [0.1, 0.15) is 76.8 Å². The molecule has 1 aromatic heterocycles. The van der Waals surface area contributed by atoms with Crippen molar-refractivity contribution in [3.63, 3.8) is 0 Å². The number of ether oxygens (including phenoxy) is 1. The molecule has 6 heterocycles. The lowest BCUT2D eigenvalue weighted by Crippen LogP contribution is -2.54. The summed E-state index contributed by atoms with van der Waals surface area (Å²) in [6.07, 6.45) is 6.82. The van der Waals surface area contributed by atoms with Crippen LogP contribution in [0.3, 0.4) is 0 Å². The van der Waals surface area contributed by atoms with E-state index in [0.717, 1.165) is 123 Å². The van der Waals surface area contributed by atoms with Gasteiger partial charge in [-0.2, -0.15) is 4.98 Å². The fourth-order valence-electron chi connectivity index (χ4n) is 9.76. The number of hydrogen-bond donors (Lipinski definition) is 2. The molecule has 0 radical (unpaired) electrons. The van der Waals surface area contributed by atoms with Crippen molar-refractivity contribution in [3.8, 4) is 11.5 Å². The lowest BCUT2D eigenvalue weighted by Gasteiger charge is -2.41. The van der Waals surface area contributed by atoms with E-state index < -0.39 is 23.8 Å². The Hall–Kier alpha value is -6.32. The third-order valence-electron chi connectivity index (χ3n) is 12.9. The van der Waals surface area contributed by atoms with Gasteiger partial charge in [0.1, 0.15) is 40.3 Å². The van der Waals surface area contributed by atoms with Crippen LogP contribution in [0.15, 0.2) is 84.2 Å². The SMILES string of the molecule is Nc1ncnc2c1C(c1ccc(Oc3ccccc3)cc1)=N[N+]2=C1CCC(N2CCN(CC3CCN(c4ccc5c(c4)C(=O)N(C4CCC(=O)NC4=O)C5=O)C3)CC2)CC1. The van der Waals surface area contributed by atoms with E-state index >= 15 is 0 Å². The molecule has 5 aliphatic heterocycles. The molecule has 306 valence electrons. The number of piperidine rings is 1. The number of imide groups is 2. The minimum absolute atomic E-state index is 0.0999. The van der Waals surface area contributed by atoms with Crippen LogP contribution < -0.4 is 20.7 Å². The maximum Gasteiger partial charge on any atom is 0.363 e. The lowest BCUT2D eigenvalue weighted by molar-refractivity contribution is -0.448. The molecule has 6 aliphatic rings. The van der Waals surface area contributed by atoms with E-state index in [1.54, 1.807) is 12.1 Å². The summed E-state index contributed by atoms with van der Waals surface area (Å²) in [5, 5.41) is 7.36. The predicted molar refractivity (Wildman–Crippen MR) is 224 cm³/mol. The van der Waals surface area contributed by atoms with E-state index in [9.17, 15) is 19.2 Å². The lowest BCUT2D eigenvalue weighted by atomic mass is 9.91. The highest BCUT2D eigenvalue weighted by Gasteiger charge is 2.45. The molecular formula is C45H47N10O5+. The molecule has 1 saturated carbocycles. The summed E-state index contributed by atoms with van der Waals surface area (Å²) in [6.45, 7) is 6.95. The van der Waals surface area contributed by atoms with Gasteiger partial charge >= 0.3 is 5.82 Å². The Morgan fingerprint density at radius 2 is 1.53 bits per heavy atom. The first-order chi connectivity index (χ1) is 29.3. The van der Waals surface area contributed by atoms with Crippen LogP contribution in [0.4, 0.5) is 17.3 Å². The Labute approximate surface area is 347 Å². The van der Waals surface area contributed by atoms with Crippen LogP contribution in [0.5, 0.6) is 11.5 Å². The Kier molecular flexibility index (Phi) is 9.92. The zero-order valence-electron chi connectivity index (χ0n) is 33.3. The number of amides is 4. The van der Waals surface area contributed by atoms with Crippen molar-refractivity contribution < 1.29 is 28.6 Å². The number of rotatable bonds is 8. The molecule has 2 atom stereocenters. The zero-order chi connectivity index (χ0) is 40.9. The maximum absolute atomic E-state index is 13.4. The smallest absolute Gasteiger partial charge is 0.363 e. The van der Waals surface area contributed by atoms with Gasteiger partial charge in [0.25, 0.3) is 11.8 Å². The molecule has 15 heteroatoms. The van der Waals surface area contributed by atoms with E-state index in [0.29, 0.717) is 28.9 Å². The molecule has 2 unspecified atom stereocenters. The van der Waals surface area contributed by atoms with Gasteiger partial charge in [0, 0.05) is 82.4 Å². The Morgan fingerprint density at radius 3 is 2.30 bits per heavy atom. The molecular weight excluding hydrogens is 761 g/mol. The number of fused-ring (bicyclic) bond motifs is 2. The number of carbonyl (C=O) groups is 4. The van der Waals surface area contributed by atoms with Gasteiger partial charge in [0.15, 0.2) is 0 Å². The number of carbonyl (C=O) groups excluding carboxylic acids is 4. The van der Waals surface area contributed by atoms with Gasteiger partial charge in [-0.15, -0.1) is 4.68 Å². The molecule has 0 bridgehead atoms. The Bertz CT molecular complexity index is 2440. The van der Waals surface area contributed by atoms with E-state index in [4.69, 9.17) is 15.6 Å². The van der Waals surface area contributed by atoms with Crippen LogP contribution in [-0.2, 0) is 9.59 Å². The minimum atomic E-state index is -0.964. The highest BCUT2D eigenvalue weighted by atomic mass is 16.5. The van der Waals surface area contributed by atoms with Crippen LogP contribution in [0.2, 0.25) is 0 Å². The van der Waals surface area contributed by atoms with Gasteiger partial charge in [0.05, 0.1) is 11.1 Å². The van der Waals surface area contributed by atoms with Gasteiger partial charge in [-0.25, -0.2) is 0 Å². The number of anilines is 2. The van der Waals surface area contributed by atoms with Gasteiger partial charge in [-0.05, 0) is 91.2 Å². The summed E-state index contributed by atoms with van der Waals surface area (Å²) in [4.78, 5) is 68.3. The number of para-hydroxylation sites is 1. The van der Waals surface area contributed by atoms with Gasteiger partial charge in [-0.1, -0.05) is 23.3 Å².